The highest BCUT2D eigenvalue weighted by Gasteiger charge is 2.05. The van der Waals surface area contributed by atoms with E-state index in [1.807, 2.05) is 0 Å². The first-order valence-electron chi connectivity index (χ1n) is 3.47. The lowest BCUT2D eigenvalue weighted by Gasteiger charge is -2.06. The molecule has 0 rings (SSSR count). The molecule has 0 heterocycles. The van der Waals surface area contributed by atoms with Gasteiger partial charge in [0.1, 0.15) is 5.78 Å². The van der Waals surface area contributed by atoms with Crippen LogP contribution in [0.15, 0.2) is 12.7 Å². The minimum atomic E-state index is -0.245. The van der Waals surface area contributed by atoms with E-state index in [0.29, 0.717) is 0 Å². The number of hydrogen-bond donors (Lipinski definition) is 1. The molecule has 1 atom stereocenters. The van der Waals surface area contributed by atoms with Crippen molar-refractivity contribution in [1.29, 1.82) is 0 Å². The Labute approximate surface area is 66.5 Å². The zero-order valence-corrected chi connectivity index (χ0v) is 6.89. The summed E-state index contributed by atoms with van der Waals surface area (Å²) in [6.07, 6.45) is 1.57. The largest absolute Gasteiger partial charge is 0.350 e. The molecule has 0 spiro atoms. The van der Waals surface area contributed by atoms with Crippen LogP contribution in [-0.4, -0.2) is 17.7 Å². The van der Waals surface area contributed by atoms with Gasteiger partial charge in [-0.2, -0.15) is 0 Å². The predicted octanol–water partition coefficient (Wildman–Crippen LogP) is 0.656. The summed E-state index contributed by atoms with van der Waals surface area (Å²) in [5, 5.41) is 2.58. The van der Waals surface area contributed by atoms with Gasteiger partial charge in [0.15, 0.2) is 0 Å². The smallest absolute Gasteiger partial charge is 0.227 e. The number of carbonyl (C=O) groups excluding carboxylic acids is 2. The number of hydrogen-bond acceptors (Lipinski definition) is 2. The molecule has 0 aromatic heterocycles. The van der Waals surface area contributed by atoms with E-state index in [2.05, 4.69) is 11.9 Å². The van der Waals surface area contributed by atoms with Crippen molar-refractivity contribution in [1.82, 2.24) is 5.32 Å². The van der Waals surface area contributed by atoms with Crippen LogP contribution in [0.1, 0.15) is 20.3 Å². The summed E-state index contributed by atoms with van der Waals surface area (Å²) in [5.41, 5.74) is 0. The maximum atomic E-state index is 10.8. The van der Waals surface area contributed by atoms with Gasteiger partial charge in [0.25, 0.3) is 0 Å². The molecule has 0 aromatic carbocycles. The van der Waals surface area contributed by atoms with E-state index >= 15 is 0 Å². The van der Waals surface area contributed by atoms with E-state index in [4.69, 9.17) is 0 Å². The topological polar surface area (TPSA) is 46.2 Å². The molecule has 0 aromatic rings. The fourth-order valence-corrected chi connectivity index (χ4v) is 0.590. The molecule has 0 aliphatic heterocycles. The summed E-state index contributed by atoms with van der Waals surface area (Å²) < 4.78 is 0. The van der Waals surface area contributed by atoms with Crippen LogP contribution in [0, 0.1) is 0 Å². The van der Waals surface area contributed by atoms with Gasteiger partial charge in [-0.05, 0) is 13.8 Å². The van der Waals surface area contributed by atoms with E-state index in [1.54, 1.807) is 13.0 Å². The Morgan fingerprint density at radius 3 is 2.55 bits per heavy atom. The molecule has 1 amide bonds. The van der Waals surface area contributed by atoms with Crippen LogP contribution in [0.4, 0.5) is 0 Å². The molecule has 0 bridgehead atoms. The molecule has 0 fully saturated rings. The van der Waals surface area contributed by atoms with Gasteiger partial charge in [0.05, 0.1) is 6.42 Å². The molecule has 0 saturated heterocycles. The minimum Gasteiger partial charge on any atom is -0.350 e. The molecule has 0 saturated carbocycles. The number of ketones is 1. The number of rotatable bonds is 4. The van der Waals surface area contributed by atoms with E-state index in [9.17, 15) is 9.59 Å². The fourth-order valence-electron chi connectivity index (χ4n) is 0.590. The molecular formula is C8H13NO2. The zero-order chi connectivity index (χ0) is 8.85. The molecule has 62 valence electrons. The number of amides is 1. The SMILES string of the molecule is C=CC(C)NC(=O)CC(C)=O. The molecule has 3 nitrogen and oxygen atoms in total. The highest BCUT2D eigenvalue weighted by Crippen LogP contribution is 1.86. The summed E-state index contributed by atoms with van der Waals surface area (Å²) in [5.74, 6) is -0.372. The fraction of sp³-hybridized carbons (Fsp3) is 0.500. The average molecular weight is 155 g/mol. The average Bonchev–Trinajstić information content (AvgIpc) is 1.85. The Bertz CT molecular complexity index is 175. The third-order valence-electron chi connectivity index (χ3n) is 1.15. The monoisotopic (exact) mass is 155 g/mol. The first-order chi connectivity index (χ1) is 5.06. The molecule has 1 unspecified atom stereocenters. The van der Waals surface area contributed by atoms with Crippen molar-refractivity contribution in [2.24, 2.45) is 0 Å². The molecule has 0 aliphatic carbocycles. The Hall–Kier alpha value is -1.12. The second-order valence-electron chi connectivity index (χ2n) is 2.47. The second-order valence-corrected chi connectivity index (χ2v) is 2.47. The van der Waals surface area contributed by atoms with Crippen molar-refractivity contribution in [3.05, 3.63) is 12.7 Å². The Morgan fingerprint density at radius 2 is 2.18 bits per heavy atom. The highest BCUT2D eigenvalue weighted by atomic mass is 16.2. The minimum absolute atomic E-state index is 0.0435. The van der Waals surface area contributed by atoms with E-state index in [-0.39, 0.29) is 24.2 Å². The summed E-state index contributed by atoms with van der Waals surface area (Å²) in [7, 11) is 0. The van der Waals surface area contributed by atoms with Crippen molar-refractivity contribution in [2.75, 3.05) is 0 Å². The van der Waals surface area contributed by atoms with Crippen LogP contribution in [0.5, 0.6) is 0 Å². The zero-order valence-electron chi connectivity index (χ0n) is 6.89. The summed E-state index contributed by atoms with van der Waals surface area (Å²) in [4.78, 5) is 21.3. The van der Waals surface area contributed by atoms with Crippen LogP contribution < -0.4 is 5.32 Å². The third-order valence-corrected chi connectivity index (χ3v) is 1.15. The van der Waals surface area contributed by atoms with Crippen LogP contribution in [0.2, 0.25) is 0 Å². The van der Waals surface area contributed by atoms with Gasteiger partial charge >= 0.3 is 0 Å². The summed E-state index contributed by atoms with van der Waals surface area (Å²) in [6.45, 7) is 6.68. The van der Waals surface area contributed by atoms with E-state index < -0.39 is 0 Å². The van der Waals surface area contributed by atoms with Crippen molar-refractivity contribution >= 4 is 11.7 Å². The van der Waals surface area contributed by atoms with E-state index in [0.717, 1.165) is 0 Å². The van der Waals surface area contributed by atoms with Crippen molar-refractivity contribution < 1.29 is 9.59 Å². The first-order valence-corrected chi connectivity index (χ1v) is 3.47. The lowest BCUT2D eigenvalue weighted by molar-refractivity contribution is -0.127. The lowest BCUT2D eigenvalue weighted by Crippen LogP contribution is -2.31. The van der Waals surface area contributed by atoms with Crippen LogP contribution in [0.3, 0.4) is 0 Å². The Balaban J connectivity index is 3.69. The Morgan fingerprint density at radius 1 is 1.64 bits per heavy atom. The molecular weight excluding hydrogens is 142 g/mol. The summed E-state index contributed by atoms with van der Waals surface area (Å²) in [6, 6.07) is -0.0677. The van der Waals surface area contributed by atoms with Gasteiger partial charge in [0.2, 0.25) is 5.91 Å². The van der Waals surface area contributed by atoms with E-state index in [1.165, 1.54) is 6.92 Å². The Kier molecular flexibility index (Phi) is 4.18. The van der Waals surface area contributed by atoms with Crippen molar-refractivity contribution in [3.8, 4) is 0 Å². The summed E-state index contributed by atoms with van der Waals surface area (Å²) >= 11 is 0. The van der Waals surface area contributed by atoms with Crippen LogP contribution in [-0.2, 0) is 9.59 Å². The quantitative estimate of drug-likeness (QED) is 0.478. The highest BCUT2D eigenvalue weighted by molar-refractivity contribution is 5.96. The molecule has 0 aliphatic rings. The third kappa shape index (κ3) is 5.33. The number of carbonyl (C=O) groups is 2. The van der Waals surface area contributed by atoms with Crippen LogP contribution in [0.25, 0.3) is 0 Å². The molecule has 3 heteroatoms. The maximum absolute atomic E-state index is 10.8. The van der Waals surface area contributed by atoms with Gasteiger partial charge in [-0.15, -0.1) is 6.58 Å². The standard InChI is InChI=1S/C8H13NO2/c1-4-6(2)9-8(11)5-7(3)10/h4,6H,1,5H2,2-3H3,(H,9,11). The van der Waals surface area contributed by atoms with Gasteiger partial charge in [-0.25, -0.2) is 0 Å². The molecule has 11 heavy (non-hydrogen) atoms. The predicted molar refractivity (Wildman–Crippen MR) is 43.1 cm³/mol. The van der Waals surface area contributed by atoms with Gasteiger partial charge in [0, 0.05) is 6.04 Å². The normalized spacial score (nSPS) is 11.8. The second kappa shape index (κ2) is 4.66. The molecule has 0 radical (unpaired) electrons. The first kappa shape index (κ1) is 9.88. The van der Waals surface area contributed by atoms with Gasteiger partial charge < -0.3 is 5.32 Å². The molecule has 1 N–H and O–H groups in total. The van der Waals surface area contributed by atoms with Crippen LogP contribution >= 0.6 is 0 Å². The van der Waals surface area contributed by atoms with Crippen molar-refractivity contribution in [3.63, 3.8) is 0 Å². The number of nitrogens with one attached hydrogen (secondary N) is 1. The maximum Gasteiger partial charge on any atom is 0.227 e. The van der Waals surface area contributed by atoms with Gasteiger partial charge in [-0.1, -0.05) is 6.08 Å². The van der Waals surface area contributed by atoms with Gasteiger partial charge in [-0.3, -0.25) is 9.59 Å². The number of Topliss-reactive ketones (excluding diaryl/α,β-unsaturated/α-hetero) is 1. The lowest BCUT2D eigenvalue weighted by atomic mass is 10.2. The van der Waals surface area contributed by atoms with Crippen molar-refractivity contribution in [2.45, 2.75) is 26.3 Å².